The summed E-state index contributed by atoms with van der Waals surface area (Å²) >= 11 is 8.68. The van der Waals surface area contributed by atoms with Crippen molar-refractivity contribution >= 4 is 45.8 Å². The van der Waals surface area contributed by atoms with Crippen LogP contribution in [0.15, 0.2) is 36.4 Å². The first-order chi connectivity index (χ1) is 10.1. The first-order valence-corrected chi connectivity index (χ1v) is 8.08. The predicted octanol–water partition coefficient (Wildman–Crippen LogP) is 4.64. The maximum Gasteiger partial charge on any atom is 0.224 e. The zero-order valence-corrected chi connectivity index (χ0v) is 13.9. The Morgan fingerprint density at radius 2 is 1.95 bits per heavy atom. The van der Waals surface area contributed by atoms with Crippen LogP contribution in [0.2, 0.25) is 0 Å². The van der Waals surface area contributed by atoms with E-state index in [-0.39, 0.29) is 5.91 Å². The minimum atomic E-state index is -0.541. The number of carbonyl (C=O) groups excluding carboxylic acids is 1. The Balaban J connectivity index is 2.03. The number of amides is 1. The monoisotopic (exact) mass is 415 g/mol. The van der Waals surface area contributed by atoms with Crippen molar-refractivity contribution in [2.75, 3.05) is 5.32 Å². The molecular weight excluding hydrogens is 404 g/mol. The number of alkyl halides is 1. The highest BCUT2D eigenvalue weighted by Gasteiger charge is 2.22. The van der Waals surface area contributed by atoms with E-state index in [4.69, 9.17) is 11.6 Å². The summed E-state index contributed by atoms with van der Waals surface area (Å²) in [4.78, 5) is 11.4. The van der Waals surface area contributed by atoms with E-state index >= 15 is 0 Å². The molecule has 2 nitrogen and oxygen atoms in total. The van der Waals surface area contributed by atoms with Gasteiger partial charge in [-0.05, 0) is 58.3 Å². The fourth-order valence-electron chi connectivity index (χ4n) is 2.46. The molecule has 1 unspecified atom stereocenters. The second-order valence-electron chi connectivity index (χ2n) is 4.96. The van der Waals surface area contributed by atoms with Crippen molar-refractivity contribution in [2.45, 2.75) is 18.2 Å². The van der Waals surface area contributed by atoms with E-state index in [1.54, 1.807) is 6.07 Å². The lowest BCUT2D eigenvalue weighted by Gasteiger charge is -2.20. The molecule has 0 radical (unpaired) electrons. The summed E-state index contributed by atoms with van der Waals surface area (Å²) in [5, 5.41) is 2.15. The van der Waals surface area contributed by atoms with Crippen LogP contribution in [0.5, 0.6) is 0 Å². The summed E-state index contributed by atoms with van der Waals surface area (Å²) in [7, 11) is 0. The fraction of sp³-hybridized carbons (Fsp3) is 0.188. The molecule has 0 aromatic heterocycles. The van der Waals surface area contributed by atoms with Crippen LogP contribution in [-0.2, 0) is 11.2 Å². The fourth-order valence-corrected chi connectivity index (χ4v) is 3.70. The second-order valence-corrected chi connectivity index (χ2v) is 6.56. The van der Waals surface area contributed by atoms with Gasteiger partial charge in [0.25, 0.3) is 0 Å². The van der Waals surface area contributed by atoms with Crippen LogP contribution in [-0.4, -0.2) is 5.91 Å². The Kier molecular flexibility index (Phi) is 4.17. The lowest BCUT2D eigenvalue weighted by atomic mass is 9.96. The zero-order chi connectivity index (χ0) is 15.0. The van der Waals surface area contributed by atoms with Gasteiger partial charge in [-0.3, -0.25) is 4.79 Å². The van der Waals surface area contributed by atoms with Crippen molar-refractivity contribution in [1.82, 2.24) is 0 Å². The Labute approximate surface area is 140 Å². The lowest BCUT2D eigenvalue weighted by Crippen LogP contribution is -2.19. The highest BCUT2D eigenvalue weighted by Crippen LogP contribution is 2.36. The molecule has 1 amide bonds. The minimum absolute atomic E-state index is 0.0744. The van der Waals surface area contributed by atoms with Crippen molar-refractivity contribution < 1.29 is 9.18 Å². The van der Waals surface area contributed by atoms with Crippen molar-refractivity contribution in [3.05, 3.63) is 62.5 Å². The molecular formula is C16H12ClFINO. The van der Waals surface area contributed by atoms with Gasteiger partial charge < -0.3 is 5.32 Å². The number of hydrogen-bond acceptors (Lipinski definition) is 1. The summed E-state index contributed by atoms with van der Waals surface area (Å²) in [6.07, 6.45) is 1.04. The van der Waals surface area contributed by atoms with Gasteiger partial charge in [0.05, 0.1) is 5.38 Å². The van der Waals surface area contributed by atoms with Gasteiger partial charge in [-0.15, -0.1) is 11.6 Å². The quantitative estimate of drug-likeness (QED) is 0.562. The van der Waals surface area contributed by atoms with Gasteiger partial charge in [0.2, 0.25) is 5.91 Å². The van der Waals surface area contributed by atoms with Crippen molar-refractivity contribution in [3.8, 4) is 0 Å². The largest absolute Gasteiger partial charge is 0.326 e. The zero-order valence-electron chi connectivity index (χ0n) is 11.0. The highest BCUT2D eigenvalue weighted by atomic mass is 127. The molecule has 0 spiro atoms. The summed E-state index contributed by atoms with van der Waals surface area (Å²) in [6, 6.07) is 10.8. The summed E-state index contributed by atoms with van der Waals surface area (Å²) in [5.41, 5.74) is 2.83. The van der Waals surface area contributed by atoms with E-state index in [0.717, 1.165) is 14.7 Å². The average Bonchev–Trinajstić information content (AvgIpc) is 2.46. The molecule has 1 atom stereocenters. The molecule has 108 valence electrons. The van der Waals surface area contributed by atoms with Crippen molar-refractivity contribution in [3.63, 3.8) is 0 Å². The number of carbonyl (C=O) groups is 1. The Hall–Kier alpha value is -1.14. The molecule has 1 aliphatic heterocycles. The van der Waals surface area contributed by atoms with Gasteiger partial charge in [-0.25, -0.2) is 4.39 Å². The predicted molar refractivity (Wildman–Crippen MR) is 90.2 cm³/mol. The highest BCUT2D eigenvalue weighted by molar-refractivity contribution is 14.1. The Morgan fingerprint density at radius 3 is 2.71 bits per heavy atom. The van der Waals surface area contributed by atoms with Gasteiger partial charge in [0.15, 0.2) is 0 Å². The molecule has 3 rings (SSSR count). The number of rotatable bonds is 2. The first-order valence-electron chi connectivity index (χ1n) is 6.57. The number of anilines is 1. The van der Waals surface area contributed by atoms with Crippen molar-refractivity contribution in [2.24, 2.45) is 0 Å². The normalized spacial score (nSPS) is 15.3. The molecule has 0 aliphatic carbocycles. The third-order valence-corrected chi connectivity index (χ3v) is 5.02. The number of fused-ring (bicyclic) bond motifs is 1. The Morgan fingerprint density at radius 1 is 1.19 bits per heavy atom. The molecule has 5 heteroatoms. The SMILES string of the molecule is O=C1CCc2cc(C(Cl)c3ccccc3I)c(F)cc2N1. The number of hydrogen-bond donors (Lipinski definition) is 1. The molecule has 0 saturated heterocycles. The van der Waals surface area contributed by atoms with E-state index in [1.807, 2.05) is 24.3 Å². The molecule has 0 bridgehead atoms. The number of nitrogens with one attached hydrogen (secondary N) is 1. The minimum Gasteiger partial charge on any atom is -0.326 e. The van der Waals surface area contributed by atoms with E-state index < -0.39 is 11.2 Å². The van der Waals surface area contributed by atoms with Gasteiger partial charge in [0.1, 0.15) is 5.82 Å². The standard InChI is InChI=1S/C16H12ClFINO/c17-16(10-3-1-2-4-13(10)19)11-7-9-5-6-15(21)20-14(9)8-12(11)18/h1-4,7-8,16H,5-6H2,(H,20,21). The Bertz CT molecular complexity index is 719. The number of aryl methyl sites for hydroxylation is 1. The average molecular weight is 416 g/mol. The first kappa shape index (κ1) is 14.8. The lowest BCUT2D eigenvalue weighted by molar-refractivity contribution is -0.116. The topological polar surface area (TPSA) is 29.1 Å². The summed E-state index contributed by atoms with van der Waals surface area (Å²) in [5.74, 6) is -0.467. The van der Waals surface area contributed by atoms with E-state index in [1.165, 1.54) is 6.07 Å². The van der Waals surface area contributed by atoms with Crippen molar-refractivity contribution in [1.29, 1.82) is 0 Å². The molecule has 2 aromatic rings. The summed E-state index contributed by atoms with van der Waals surface area (Å²) < 4.78 is 15.3. The van der Waals surface area contributed by atoms with E-state index in [9.17, 15) is 9.18 Å². The van der Waals surface area contributed by atoms with Gasteiger partial charge in [0, 0.05) is 21.2 Å². The van der Waals surface area contributed by atoms with Crippen LogP contribution in [0.3, 0.4) is 0 Å². The third kappa shape index (κ3) is 2.92. The number of halogens is 3. The van der Waals surface area contributed by atoms with E-state index in [2.05, 4.69) is 27.9 Å². The molecule has 1 heterocycles. The molecule has 21 heavy (non-hydrogen) atoms. The van der Waals surface area contributed by atoms with Crippen LogP contribution in [0.25, 0.3) is 0 Å². The molecule has 0 fully saturated rings. The van der Waals surface area contributed by atoms with Crippen LogP contribution in [0.4, 0.5) is 10.1 Å². The second kappa shape index (κ2) is 5.93. The molecule has 2 aromatic carbocycles. The van der Waals surface area contributed by atoms with Crippen LogP contribution in [0.1, 0.15) is 28.5 Å². The number of benzene rings is 2. The molecule has 1 N–H and O–H groups in total. The van der Waals surface area contributed by atoms with Crippen LogP contribution >= 0.6 is 34.2 Å². The molecule has 0 saturated carbocycles. The van der Waals surface area contributed by atoms with Gasteiger partial charge in [-0.2, -0.15) is 0 Å². The van der Waals surface area contributed by atoms with Gasteiger partial charge >= 0.3 is 0 Å². The smallest absolute Gasteiger partial charge is 0.224 e. The maximum absolute atomic E-state index is 14.3. The van der Waals surface area contributed by atoms with Crippen LogP contribution in [0, 0.1) is 9.39 Å². The van der Waals surface area contributed by atoms with Crippen LogP contribution < -0.4 is 5.32 Å². The third-order valence-electron chi connectivity index (χ3n) is 3.57. The maximum atomic E-state index is 14.3. The summed E-state index contributed by atoms with van der Waals surface area (Å²) in [6.45, 7) is 0. The van der Waals surface area contributed by atoms with Gasteiger partial charge in [-0.1, -0.05) is 18.2 Å². The molecule has 1 aliphatic rings. The van der Waals surface area contributed by atoms with E-state index in [0.29, 0.717) is 24.1 Å².